The highest BCUT2D eigenvalue weighted by molar-refractivity contribution is 5.75. The SMILES string of the molecule is N[C@@H](Cc1ccc(O)c(O)c1)C(=O)OCF. The number of hydrogen-bond donors (Lipinski definition) is 3. The summed E-state index contributed by atoms with van der Waals surface area (Å²) in [6.07, 6.45) is 0.0900. The number of phenols is 2. The van der Waals surface area contributed by atoms with Gasteiger partial charge in [-0.2, -0.15) is 0 Å². The van der Waals surface area contributed by atoms with Crippen molar-refractivity contribution in [2.45, 2.75) is 12.5 Å². The molecule has 16 heavy (non-hydrogen) atoms. The molecule has 0 spiro atoms. The lowest BCUT2D eigenvalue weighted by atomic mass is 10.1. The van der Waals surface area contributed by atoms with Gasteiger partial charge in [0, 0.05) is 0 Å². The molecule has 4 N–H and O–H groups in total. The van der Waals surface area contributed by atoms with E-state index in [0.717, 1.165) is 0 Å². The molecular formula is C10H12FNO4. The first-order valence-electron chi connectivity index (χ1n) is 4.53. The molecule has 1 aromatic rings. The number of rotatable bonds is 4. The normalized spacial score (nSPS) is 12.1. The van der Waals surface area contributed by atoms with Crippen LogP contribution in [-0.2, 0) is 16.0 Å². The van der Waals surface area contributed by atoms with Gasteiger partial charge in [-0.3, -0.25) is 4.79 Å². The summed E-state index contributed by atoms with van der Waals surface area (Å²) in [5, 5.41) is 18.2. The van der Waals surface area contributed by atoms with Crippen LogP contribution < -0.4 is 5.73 Å². The second kappa shape index (κ2) is 5.32. The first kappa shape index (κ1) is 12.3. The zero-order valence-corrected chi connectivity index (χ0v) is 8.39. The minimum atomic E-state index is -1.21. The van der Waals surface area contributed by atoms with Crippen LogP contribution in [0.15, 0.2) is 18.2 Å². The molecule has 0 aromatic heterocycles. The molecule has 1 aromatic carbocycles. The molecule has 0 amide bonds. The summed E-state index contributed by atoms with van der Waals surface area (Å²) in [5.41, 5.74) is 5.98. The zero-order chi connectivity index (χ0) is 12.1. The van der Waals surface area contributed by atoms with Gasteiger partial charge in [0.25, 0.3) is 0 Å². The van der Waals surface area contributed by atoms with Gasteiger partial charge in [0.1, 0.15) is 6.04 Å². The van der Waals surface area contributed by atoms with E-state index in [1.54, 1.807) is 0 Å². The molecule has 0 unspecified atom stereocenters. The number of ether oxygens (including phenoxy) is 1. The Morgan fingerprint density at radius 3 is 2.69 bits per heavy atom. The van der Waals surface area contributed by atoms with Crippen molar-refractivity contribution in [3.8, 4) is 11.5 Å². The number of hydrogen-bond acceptors (Lipinski definition) is 5. The fraction of sp³-hybridized carbons (Fsp3) is 0.300. The van der Waals surface area contributed by atoms with Gasteiger partial charge in [0.2, 0.25) is 6.86 Å². The monoisotopic (exact) mass is 229 g/mol. The Morgan fingerprint density at radius 1 is 1.44 bits per heavy atom. The average molecular weight is 229 g/mol. The third-order valence-corrected chi connectivity index (χ3v) is 2.00. The third-order valence-electron chi connectivity index (χ3n) is 2.00. The maximum absolute atomic E-state index is 11.7. The van der Waals surface area contributed by atoms with Crippen molar-refractivity contribution >= 4 is 5.97 Å². The Bertz CT molecular complexity index is 383. The number of esters is 1. The van der Waals surface area contributed by atoms with Gasteiger partial charge in [-0.1, -0.05) is 6.07 Å². The van der Waals surface area contributed by atoms with Crippen molar-refractivity contribution in [2.24, 2.45) is 5.73 Å². The molecule has 0 saturated carbocycles. The van der Waals surface area contributed by atoms with Gasteiger partial charge in [-0.25, -0.2) is 4.39 Å². The van der Waals surface area contributed by atoms with Crippen LogP contribution in [0.3, 0.4) is 0 Å². The second-order valence-electron chi connectivity index (χ2n) is 3.21. The topological polar surface area (TPSA) is 92.8 Å². The number of nitrogens with two attached hydrogens (primary N) is 1. The minimum Gasteiger partial charge on any atom is -0.504 e. The number of halogens is 1. The Hall–Kier alpha value is -1.82. The van der Waals surface area contributed by atoms with Gasteiger partial charge in [-0.15, -0.1) is 0 Å². The fourth-order valence-electron chi connectivity index (χ4n) is 1.19. The van der Waals surface area contributed by atoms with Crippen LogP contribution in [0.5, 0.6) is 11.5 Å². The predicted octanol–water partition coefficient (Wildman–Crippen LogP) is 0.438. The van der Waals surface area contributed by atoms with Crippen molar-refractivity contribution in [3.63, 3.8) is 0 Å². The third kappa shape index (κ3) is 3.09. The van der Waals surface area contributed by atoms with E-state index in [1.807, 2.05) is 0 Å². The molecular weight excluding hydrogens is 217 g/mol. The van der Waals surface area contributed by atoms with Crippen LogP contribution in [0.25, 0.3) is 0 Å². The molecule has 0 aliphatic carbocycles. The lowest BCUT2D eigenvalue weighted by molar-refractivity contribution is -0.149. The predicted molar refractivity (Wildman–Crippen MR) is 53.5 cm³/mol. The molecule has 0 fully saturated rings. The number of benzene rings is 1. The summed E-state index contributed by atoms with van der Waals surface area (Å²) in [6.45, 7) is -1.21. The Kier molecular flexibility index (Phi) is 4.07. The van der Waals surface area contributed by atoms with Crippen LogP contribution in [0.4, 0.5) is 4.39 Å². The number of aromatic hydroxyl groups is 2. The van der Waals surface area contributed by atoms with Crippen molar-refractivity contribution in [3.05, 3.63) is 23.8 Å². The van der Waals surface area contributed by atoms with Gasteiger partial charge in [0.15, 0.2) is 11.5 Å². The van der Waals surface area contributed by atoms with E-state index < -0.39 is 18.9 Å². The van der Waals surface area contributed by atoms with Crippen molar-refractivity contribution in [1.29, 1.82) is 0 Å². The quantitative estimate of drug-likeness (QED) is 0.514. The molecule has 0 saturated heterocycles. The summed E-state index contributed by atoms with van der Waals surface area (Å²) in [5.74, 6) is -1.41. The Morgan fingerprint density at radius 2 is 2.12 bits per heavy atom. The van der Waals surface area contributed by atoms with Gasteiger partial charge in [0.05, 0.1) is 0 Å². The molecule has 6 heteroatoms. The highest BCUT2D eigenvalue weighted by Gasteiger charge is 2.16. The van der Waals surface area contributed by atoms with Crippen molar-refractivity contribution in [1.82, 2.24) is 0 Å². The lowest BCUT2D eigenvalue weighted by Crippen LogP contribution is -2.34. The van der Waals surface area contributed by atoms with Crippen LogP contribution in [0, 0.1) is 0 Å². The van der Waals surface area contributed by atoms with E-state index in [1.165, 1.54) is 18.2 Å². The van der Waals surface area contributed by atoms with E-state index in [-0.39, 0.29) is 17.9 Å². The van der Waals surface area contributed by atoms with Crippen LogP contribution in [0.1, 0.15) is 5.56 Å². The first-order valence-corrected chi connectivity index (χ1v) is 4.53. The summed E-state index contributed by atoms with van der Waals surface area (Å²) in [7, 11) is 0. The summed E-state index contributed by atoms with van der Waals surface area (Å²) in [4.78, 5) is 11.0. The summed E-state index contributed by atoms with van der Waals surface area (Å²) >= 11 is 0. The van der Waals surface area contributed by atoms with E-state index in [4.69, 9.17) is 10.8 Å². The molecule has 88 valence electrons. The molecule has 0 bridgehead atoms. The van der Waals surface area contributed by atoms with Crippen LogP contribution in [-0.4, -0.2) is 29.1 Å². The Labute approximate surface area is 91.3 Å². The molecule has 0 aliphatic heterocycles. The lowest BCUT2D eigenvalue weighted by Gasteiger charge is -2.10. The molecule has 1 rings (SSSR count). The summed E-state index contributed by atoms with van der Waals surface area (Å²) < 4.78 is 15.8. The first-order chi connectivity index (χ1) is 7.54. The average Bonchev–Trinajstić information content (AvgIpc) is 2.24. The zero-order valence-electron chi connectivity index (χ0n) is 8.39. The number of carbonyl (C=O) groups is 1. The fourth-order valence-corrected chi connectivity index (χ4v) is 1.19. The van der Waals surface area contributed by atoms with Crippen LogP contribution >= 0.6 is 0 Å². The van der Waals surface area contributed by atoms with Gasteiger partial charge in [-0.05, 0) is 24.1 Å². The smallest absolute Gasteiger partial charge is 0.325 e. The van der Waals surface area contributed by atoms with Crippen molar-refractivity contribution < 1.29 is 24.1 Å². The van der Waals surface area contributed by atoms with Gasteiger partial charge < -0.3 is 20.7 Å². The number of carbonyl (C=O) groups excluding carboxylic acids is 1. The number of phenolic OH excluding ortho intramolecular Hbond substituents is 2. The Balaban J connectivity index is 2.66. The summed E-state index contributed by atoms with van der Waals surface area (Å²) in [6, 6.07) is 3.05. The largest absolute Gasteiger partial charge is 0.504 e. The van der Waals surface area contributed by atoms with Gasteiger partial charge >= 0.3 is 5.97 Å². The molecule has 0 aliphatic rings. The highest BCUT2D eigenvalue weighted by Crippen LogP contribution is 2.25. The van der Waals surface area contributed by atoms with Crippen molar-refractivity contribution in [2.75, 3.05) is 6.86 Å². The van der Waals surface area contributed by atoms with E-state index in [2.05, 4.69) is 4.74 Å². The maximum Gasteiger partial charge on any atom is 0.325 e. The highest BCUT2D eigenvalue weighted by atomic mass is 19.1. The van der Waals surface area contributed by atoms with Crippen LogP contribution in [0.2, 0.25) is 0 Å². The second-order valence-corrected chi connectivity index (χ2v) is 3.21. The van der Waals surface area contributed by atoms with E-state index in [9.17, 15) is 14.3 Å². The number of alkyl halides is 1. The van der Waals surface area contributed by atoms with E-state index in [0.29, 0.717) is 5.56 Å². The molecule has 0 radical (unpaired) electrons. The molecule has 1 atom stereocenters. The molecule has 0 heterocycles. The maximum atomic E-state index is 11.7. The minimum absolute atomic E-state index is 0.0900. The standard InChI is InChI=1S/C10H12FNO4/c11-5-16-10(15)7(12)3-6-1-2-8(13)9(14)4-6/h1-2,4,7,13-14H,3,5,12H2/t7-/m0/s1. The van der Waals surface area contributed by atoms with E-state index >= 15 is 0 Å². The molecule has 5 nitrogen and oxygen atoms in total.